The standard InChI is InChI=1S/C13H23N3O3/c1-9(7-8-14-2)15-13(17)12-10-5-3-4-6-11(10)16(18)19-12/h10-12,14,18H,1,3-8H2,2H3,(H,15,17). The predicted octanol–water partition coefficient (Wildman–Crippen LogP) is 0.790. The van der Waals surface area contributed by atoms with E-state index in [0.717, 1.165) is 37.5 Å². The predicted molar refractivity (Wildman–Crippen MR) is 70.1 cm³/mol. The van der Waals surface area contributed by atoms with Gasteiger partial charge in [0.05, 0.1) is 6.04 Å². The van der Waals surface area contributed by atoms with Gasteiger partial charge in [0.15, 0.2) is 6.10 Å². The third-order valence-corrected chi connectivity index (χ3v) is 3.91. The summed E-state index contributed by atoms with van der Waals surface area (Å²) in [6, 6.07) is -0.0462. The molecular weight excluding hydrogens is 246 g/mol. The first-order valence-corrected chi connectivity index (χ1v) is 6.91. The van der Waals surface area contributed by atoms with Crippen LogP contribution in [0.25, 0.3) is 0 Å². The Kier molecular flexibility index (Phi) is 4.93. The summed E-state index contributed by atoms with van der Waals surface area (Å²) in [4.78, 5) is 17.5. The number of amides is 1. The summed E-state index contributed by atoms with van der Waals surface area (Å²) >= 11 is 0. The van der Waals surface area contributed by atoms with Crippen molar-refractivity contribution in [2.75, 3.05) is 13.6 Å². The second-order valence-corrected chi connectivity index (χ2v) is 5.29. The fourth-order valence-electron chi connectivity index (χ4n) is 2.87. The van der Waals surface area contributed by atoms with E-state index >= 15 is 0 Å². The van der Waals surface area contributed by atoms with Crippen LogP contribution in [0.2, 0.25) is 0 Å². The molecule has 0 aromatic heterocycles. The van der Waals surface area contributed by atoms with Crippen molar-refractivity contribution < 1.29 is 14.8 Å². The van der Waals surface area contributed by atoms with Crippen LogP contribution in [0.5, 0.6) is 0 Å². The summed E-state index contributed by atoms with van der Waals surface area (Å²) in [5.74, 6) is -0.120. The molecule has 0 bridgehead atoms. The maximum Gasteiger partial charge on any atom is 0.255 e. The van der Waals surface area contributed by atoms with Crippen molar-refractivity contribution in [1.82, 2.24) is 15.9 Å². The van der Waals surface area contributed by atoms with Gasteiger partial charge < -0.3 is 10.6 Å². The van der Waals surface area contributed by atoms with E-state index < -0.39 is 6.10 Å². The fourth-order valence-corrected chi connectivity index (χ4v) is 2.87. The van der Waals surface area contributed by atoms with E-state index in [2.05, 4.69) is 17.2 Å². The SMILES string of the molecule is C=C(CCNC)NC(=O)C1ON(O)C2CCCCC12. The second-order valence-electron chi connectivity index (χ2n) is 5.29. The molecular formula is C13H23N3O3. The van der Waals surface area contributed by atoms with E-state index in [1.807, 2.05) is 7.05 Å². The van der Waals surface area contributed by atoms with Gasteiger partial charge >= 0.3 is 0 Å². The average Bonchev–Trinajstić information content (AvgIpc) is 2.74. The van der Waals surface area contributed by atoms with Crippen LogP contribution in [0, 0.1) is 5.92 Å². The third kappa shape index (κ3) is 3.33. The lowest BCUT2D eigenvalue weighted by atomic mass is 9.82. The van der Waals surface area contributed by atoms with Crippen LogP contribution in [-0.2, 0) is 9.63 Å². The van der Waals surface area contributed by atoms with Gasteiger partial charge in [-0.1, -0.05) is 24.6 Å². The third-order valence-electron chi connectivity index (χ3n) is 3.91. The Morgan fingerprint density at radius 2 is 2.21 bits per heavy atom. The highest BCUT2D eigenvalue weighted by Crippen LogP contribution is 2.37. The highest BCUT2D eigenvalue weighted by Gasteiger charge is 2.47. The highest BCUT2D eigenvalue weighted by molar-refractivity contribution is 5.83. The molecule has 3 N–H and O–H groups in total. The molecule has 1 saturated heterocycles. The number of hydroxylamine groups is 2. The number of nitrogens with one attached hydrogen (secondary N) is 2. The van der Waals surface area contributed by atoms with Crippen molar-refractivity contribution >= 4 is 5.91 Å². The fraction of sp³-hybridized carbons (Fsp3) is 0.769. The maximum atomic E-state index is 12.2. The van der Waals surface area contributed by atoms with E-state index in [0.29, 0.717) is 12.1 Å². The van der Waals surface area contributed by atoms with Gasteiger partial charge in [-0.15, -0.1) is 0 Å². The molecule has 3 unspecified atom stereocenters. The molecule has 2 rings (SSSR count). The Balaban J connectivity index is 1.90. The number of rotatable bonds is 5. The normalized spacial score (nSPS) is 30.9. The van der Waals surface area contributed by atoms with Crippen molar-refractivity contribution in [3.05, 3.63) is 12.3 Å². The average molecular weight is 269 g/mol. The van der Waals surface area contributed by atoms with E-state index in [1.54, 1.807) is 0 Å². The topological polar surface area (TPSA) is 73.8 Å². The summed E-state index contributed by atoms with van der Waals surface area (Å²) in [7, 11) is 1.85. The molecule has 0 aromatic rings. The first-order chi connectivity index (χ1) is 9.13. The summed E-state index contributed by atoms with van der Waals surface area (Å²) in [5.41, 5.74) is 0.673. The minimum atomic E-state index is -0.596. The molecule has 6 nitrogen and oxygen atoms in total. The zero-order chi connectivity index (χ0) is 13.8. The van der Waals surface area contributed by atoms with E-state index in [1.165, 1.54) is 0 Å². The Morgan fingerprint density at radius 3 is 2.95 bits per heavy atom. The molecule has 1 heterocycles. The minimum absolute atomic E-state index is 0.0462. The second kappa shape index (κ2) is 6.47. The lowest BCUT2D eigenvalue weighted by molar-refractivity contribution is -0.338. The first-order valence-electron chi connectivity index (χ1n) is 6.91. The molecule has 0 radical (unpaired) electrons. The lowest BCUT2D eigenvalue weighted by Crippen LogP contribution is -2.40. The van der Waals surface area contributed by atoms with Crippen LogP contribution in [0.4, 0.5) is 0 Å². The van der Waals surface area contributed by atoms with E-state index in [-0.39, 0.29) is 17.9 Å². The van der Waals surface area contributed by atoms with Gasteiger partial charge in [-0.2, -0.15) is 0 Å². The molecule has 0 spiro atoms. The number of carbonyl (C=O) groups is 1. The van der Waals surface area contributed by atoms with Crippen molar-refractivity contribution in [3.8, 4) is 0 Å². The Labute approximate surface area is 113 Å². The maximum absolute atomic E-state index is 12.2. The number of hydrogen-bond acceptors (Lipinski definition) is 5. The zero-order valence-corrected chi connectivity index (χ0v) is 11.4. The van der Waals surface area contributed by atoms with Crippen molar-refractivity contribution in [2.24, 2.45) is 5.92 Å². The molecule has 0 aromatic carbocycles. The number of hydrogen-bond donors (Lipinski definition) is 3. The van der Waals surface area contributed by atoms with Gasteiger partial charge in [0, 0.05) is 18.2 Å². The van der Waals surface area contributed by atoms with Crippen LogP contribution >= 0.6 is 0 Å². The summed E-state index contributed by atoms with van der Waals surface area (Å²) in [6.07, 6.45) is 4.05. The van der Waals surface area contributed by atoms with Crippen LogP contribution in [0.3, 0.4) is 0 Å². The van der Waals surface area contributed by atoms with Gasteiger partial charge in [0.1, 0.15) is 0 Å². The molecule has 2 fully saturated rings. The summed E-state index contributed by atoms with van der Waals surface area (Å²) < 4.78 is 0. The van der Waals surface area contributed by atoms with Gasteiger partial charge in [0.25, 0.3) is 5.91 Å². The number of fused-ring (bicyclic) bond motifs is 1. The highest BCUT2D eigenvalue weighted by atomic mass is 16.9. The summed E-state index contributed by atoms with van der Waals surface area (Å²) in [6.45, 7) is 4.59. The largest absolute Gasteiger partial charge is 0.328 e. The Hall–Kier alpha value is -0.950. The minimum Gasteiger partial charge on any atom is -0.328 e. The molecule has 1 aliphatic carbocycles. The monoisotopic (exact) mass is 269 g/mol. The van der Waals surface area contributed by atoms with Gasteiger partial charge in [-0.3, -0.25) is 14.8 Å². The van der Waals surface area contributed by atoms with Gasteiger partial charge in [0.2, 0.25) is 0 Å². The van der Waals surface area contributed by atoms with Crippen LogP contribution in [0.15, 0.2) is 12.3 Å². The number of nitrogens with zero attached hydrogens (tertiary/aromatic N) is 1. The van der Waals surface area contributed by atoms with E-state index in [9.17, 15) is 10.0 Å². The molecule has 108 valence electrons. The lowest BCUT2D eigenvalue weighted by Gasteiger charge is -2.26. The smallest absolute Gasteiger partial charge is 0.255 e. The van der Waals surface area contributed by atoms with Crippen LogP contribution in [0.1, 0.15) is 32.1 Å². The summed E-state index contributed by atoms with van der Waals surface area (Å²) in [5, 5.41) is 16.4. The molecule has 19 heavy (non-hydrogen) atoms. The molecule has 6 heteroatoms. The molecule has 1 aliphatic heterocycles. The molecule has 1 amide bonds. The molecule has 1 saturated carbocycles. The zero-order valence-electron chi connectivity index (χ0n) is 11.4. The Bertz CT molecular complexity index is 348. The van der Waals surface area contributed by atoms with Crippen LogP contribution < -0.4 is 10.6 Å². The first kappa shape index (κ1) is 14.5. The van der Waals surface area contributed by atoms with Crippen LogP contribution in [-0.4, -0.2) is 42.1 Å². The van der Waals surface area contributed by atoms with Crippen molar-refractivity contribution in [3.63, 3.8) is 0 Å². The van der Waals surface area contributed by atoms with Gasteiger partial charge in [-0.25, -0.2) is 0 Å². The van der Waals surface area contributed by atoms with Crippen molar-refractivity contribution in [1.29, 1.82) is 0 Å². The molecule has 3 atom stereocenters. The quantitative estimate of drug-likeness (QED) is 0.688. The van der Waals surface area contributed by atoms with E-state index in [4.69, 9.17) is 4.84 Å². The van der Waals surface area contributed by atoms with Crippen molar-refractivity contribution in [2.45, 2.75) is 44.2 Å². The van der Waals surface area contributed by atoms with Gasteiger partial charge in [-0.05, 0) is 26.3 Å². The Morgan fingerprint density at radius 1 is 1.47 bits per heavy atom. The number of carbonyl (C=O) groups excluding carboxylic acids is 1. The molecule has 2 aliphatic rings.